The zero-order valence-corrected chi connectivity index (χ0v) is 17.7. The molecule has 0 spiro atoms. The summed E-state index contributed by atoms with van der Waals surface area (Å²) in [6.07, 6.45) is 1.61. The van der Waals surface area contributed by atoms with Gasteiger partial charge in [-0.2, -0.15) is 5.10 Å². The van der Waals surface area contributed by atoms with E-state index in [1.807, 2.05) is 84.9 Å². The average Bonchev–Trinajstić information content (AvgIpc) is 2.79. The maximum Gasteiger partial charge on any atom is 0.271 e. The fourth-order valence-electron chi connectivity index (χ4n) is 3.05. The molecule has 0 saturated carbocycles. The van der Waals surface area contributed by atoms with E-state index in [1.54, 1.807) is 12.3 Å². The van der Waals surface area contributed by atoms with Crippen LogP contribution in [-0.2, 0) is 6.61 Å². The molecule has 0 bridgehead atoms. The van der Waals surface area contributed by atoms with E-state index in [0.29, 0.717) is 12.2 Å². The number of halogens is 1. The SMILES string of the molecule is O=C(N/N=C\c1ccc(OCc2ccc(Br)cc2)cc1)c1cccc2ccccc12. The predicted octanol–water partition coefficient (Wildman–Crippen LogP) is 5.95. The Morgan fingerprint density at radius 2 is 1.63 bits per heavy atom. The number of carbonyl (C=O) groups excluding carboxylic acids is 1. The predicted molar refractivity (Wildman–Crippen MR) is 124 cm³/mol. The molecule has 0 aromatic heterocycles. The third-order valence-electron chi connectivity index (χ3n) is 4.61. The maximum absolute atomic E-state index is 12.5. The van der Waals surface area contributed by atoms with Gasteiger partial charge in [0.25, 0.3) is 5.91 Å². The third-order valence-corrected chi connectivity index (χ3v) is 5.14. The number of carbonyl (C=O) groups is 1. The van der Waals surface area contributed by atoms with Gasteiger partial charge >= 0.3 is 0 Å². The Balaban J connectivity index is 1.35. The minimum atomic E-state index is -0.238. The molecule has 1 N–H and O–H groups in total. The number of nitrogens with zero attached hydrogens (tertiary/aromatic N) is 1. The molecule has 4 rings (SSSR count). The molecule has 0 radical (unpaired) electrons. The second kappa shape index (κ2) is 9.37. The van der Waals surface area contributed by atoms with Crippen molar-refractivity contribution in [3.8, 4) is 5.75 Å². The highest BCUT2D eigenvalue weighted by molar-refractivity contribution is 9.10. The highest BCUT2D eigenvalue weighted by Gasteiger charge is 2.08. The smallest absolute Gasteiger partial charge is 0.271 e. The number of hydrazone groups is 1. The summed E-state index contributed by atoms with van der Waals surface area (Å²) in [6, 6.07) is 29.0. The first-order chi connectivity index (χ1) is 14.7. The lowest BCUT2D eigenvalue weighted by molar-refractivity contribution is 0.0957. The van der Waals surface area contributed by atoms with Crippen LogP contribution in [0.2, 0.25) is 0 Å². The molecule has 4 nitrogen and oxygen atoms in total. The summed E-state index contributed by atoms with van der Waals surface area (Å²) in [4.78, 5) is 12.5. The zero-order valence-electron chi connectivity index (χ0n) is 16.1. The van der Waals surface area contributed by atoms with Crippen molar-refractivity contribution in [3.05, 3.63) is 112 Å². The Labute approximate surface area is 183 Å². The van der Waals surface area contributed by atoms with E-state index in [-0.39, 0.29) is 5.91 Å². The van der Waals surface area contributed by atoms with Crippen LogP contribution in [0.25, 0.3) is 10.8 Å². The van der Waals surface area contributed by atoms with Gasteiger partial charge in [-0.25, -0.2) is 5.43 Å². The first-order valence-corrected chi connectivity index (χ1v) is 10.3. The van der Waals surface area contributed by atoms with Gasteiger partial charge in [-0.15, -0.1) is 0 Å². The van der Waals surface area contributed by atoms with Crippen molar-refractivity contribution in [1.82, 2.24) is 5.43 Å². The van der Waals surface area contributed by atoms with E-state index in [0.717, 1.165) is 32.1 Å². The molecule has 0 aliphatic carbocycles. The van der Waals surface area contributed by atoms with Crippen LogP contribution >= 0.6 is 15.9 Å². The van der Waals surface area contributed by atoms with Crippen LogP contribution in [0.15, 0.2) is 101 Å². The highest BCUT2D eigenvalue weighted by atomic mass is 79.9. The zero-order chi connectivity index (χ0) is 20.8. The van der Waals surface area contributed by atoms with Crippen molar-refractivity contribution in [2.24, 2.45) is 5.10 Å². The number of hydrogen-bond donors (Lipinski definition) is 1. The van der Waals surface area contributed by atoms with Crippen LogP contribution in [0.1, 0.15) is 21.5 Å². The quantitative estimate of drug-likeness (QED) is 0.286. The van der Waals surface area contributed by atoms with E-state index in [1.165, 1.54) is 0 Å². The van der Waals surface area contributed by atoms with Crippen molar-refractivity contribution in [2.45, 2.75) is 6.61 Å². The molecular formula is C25H19BrN2O2. The van der Waals surface area contributed by atoms with Gasteiger partial charge in [0, 0.05) is 10.0 Å². The second-order valence-electron chi connectivity index (χ2n) is 6.71. The van der Waals surface area contributed by atoms with Crippen molar-refractivity contribution in [1.29, 1.82) is 0 Å². The number of benzene rings is 4. The Hall–Kier alpha value is -3.44. The second-order valence-corrected chi connectivity index (χ2v) is 7.63. The van der Waals surface area contributed by atoms with Gasteiger partial charge in [0.1, 0.15) is 12.4 Å². The lowest BCUT2D eigenvalue weighted by Gasteiger charge is -2.07. The topological polar surface area (TPSA) is 50.7 Å². The summed E-state index contributed by atoms with van der Waals surface area (Å²) in [7, 11) is 0. The molecule has 0 saturated heterocycles. The Morgan fingerprint density at radius 1 is 0.900 bits per heavy atom. The standard InChI is InChI=1S/C25H19BrN2O2/c26-21-12-8-19(9-13-21)17-30-22-14-10-18(11-15-22)16-27-28-25(29)24-7-3-5-20-4-1-2-6-23(20)24/h1-16H,17H2,(H,28,29)/b27-16-. The Kier molecular flexibility index (Phi) is 6.20. The van der Waals surface area contributed by atoms with Crippen LogP contribution < -0.4 is 10.2 Å². The molecule has 30 heavy (non-hydrogen) atoms. The van der Waals surface area contributed by atoms with E-state index in [9.17, 15) is 4.79 Å². The summed E-state index contributed by atoms with van der Waals surface area (Å²) >= 11 is 3.42. The lowest BCUT2D eigenvalue weighted by atomic mass is 10.0. The first-order valence-electron chi connectivity index (χ1n) is 9.47. The van der Waals surface area contributed by atoms with Crippen LogP contribution in [0.3, 0.4) is 0 Å². The molecule has 0 atom stereocenters. The number of amides is 1. The minimum Gasteiger partial charge on any atom is -0.489 e. The third kappa shape index (κ3) is 4.93. The van der Waals surface area contributed by atoms with E-state index >= 15 is 0 Å². The summed E-state index contributed by atoms with van der Waals surface area (Å²) in [5.41, 5.74) is 5.16. The van der Waals surface area contributed by atoms with Gasteiger partial charge in [0.2, 0.25) is 0 Å². The minimum absolute atomic E-state index is 0.238. The molecular weight excluding hydrogens is 440 g/mol. The van der Waals surface area contributed by atoms with Crippen LogP contribution in [-0.4, -0.2) is 12.1 Å². The van der Waals surface area contributed by atoms with Crippen molar-refractivity contribution >= 4 is 38.8 Å². The van der Waals surface area contributed by atoms with E-state index in [2.05, 4.69) is 26.5 Å². The van der Waals surface area contributed by atoms with Gasteiger partial charge in [0.05, 0.1) is 6.21 Å². The van der Waals surface area contributed by atoms with Gasteiger partial charge in [-0.3, -0.25) is 4.79 Å². The highest BCUT2D eigenvalue weighted by Crippen LogP contribution is 2.18. The number of rotatable bonds is 6. The monoisotopic (exact) mass is 458 g/mol. The fourth-order valence-corrected chi connectivity index (χ4v) is 3.31. The number of nitrogens with one attached hydrogen (secondary N) is 1. The molecule has 4 aromatic carbocycles. The van der Waals surface area contributed by atoms with E-state index in [4.69, 9.17) is 4.74 Å². The normalized spacial score (nSPS) is 11.0. The van der Waals surface area contributed by atoms with Gasteiger partial charge in [-0.1, -0.05) is 64.5 Å². The molecule has 0 unspecified atom stereocenters. The summed E-state index contributed by atoms with van der Waals surface area (Å²) in [5.74, 6) is 0.535. The number of hydrogen-bond acceptors (Lipinski definition) is 3. The molecule has 1 amide bonds. The van der Waals surface area contributed by atoms with Crippen molar-refractivity contribution in [2.75, 3.05) is 0 Å². The molecule has 0 heterocycles. The van der Waals surface area contributed by atoms with Crippen molar-refractivity contribution < 1.29 is 9.53 Å². The molecule has 4 aromatic rings. The summed E-state index contributed by atoms with van der Waals surface area (Å²) in [5, 5.41) is 6.01. The fraction of sp³-hybridized carbons (Fsp3) is 0.0400. The Morgan fingerprint density at radius 3 is 2.43 bits per heavy atom. The molecule has 148 valence electrons. The Bertz CT molecular complexity index is 1180. The summed E-state index contributed by atoms with van der Waals surface area (Å²) < 4.78 is 6.84. The summed E-state index contributed by atoms with van der Waals surface area (Å²) in [6.45, 7) is 0.502. The van der Waals surface area contributed by atoms with Crippen LogP contribution in [0, 0.1) is 0 Å². The maximum atomic E-state index is 12.5. The first kappa shape index (κ1) is 19.9. The number of ether oxygens (including phenoxy) is 1. The molecule has 0 aliphatic heterocycles. The van der Waals surface area contributed by atoms with Gasteiger partial charge < -0.3 is 4.74 Å². The largest absolute Gasteiger partial charge is 0.489 e. The average molecular weight is 459 g/mol. The van der Waals surface area contributed by atoms with Crippen LogP contribution in [0.4, 0.5) is 0 Å². The lowest BCUT2D eigenvalue weighted by Crippen LogP contribution is -2.17. The molecule has 5 heteroatoms. The molecule has 0 fully saturated rings. The van der Waals surface area contributed by atoms with Gasteiger partial charge in [0.15, 0.2) is 0 Å². The molecule has 0 aliphatic rings. The van der Waals surface area contributed by atoms with Crippen molar-refractivity contribution in [3.63, 3.8) is 0 Å². The van der Waals surface area contributed by atoms with Gasteiger partial charge in [-0.05, 0) is 64.4 Å². The number of fused-ring (bicyclic) bond motifs is 1. The van der Waals surface area contributed by atoms with Crippen LogP contribution in [0.5, 0.6) is 5.75 Å². The van der Waals surface area contributed by atoms with E-state index < -0.39 is 0 Å².